The van der Waals surface area contributed by atoms with Gasteiger partial charge in [0.1, 0.15) is 11.5 Å². The Morgan fingerprint density at radius 1 is 1.12 bits per heavy atom. The summed E-state index contributed by atoms with van der Waals surface area (Å²) in [5.74, 6) is 0.296. The molecule has 0 aliphatic carbocycles. The third-order valence-corrected chi connectivity index (χ3v) is 7.51. The lowest BCUT2D eigenvalue weighted by atomic mass is 9.95. The predicted molar refractivity (Wildman–Crippen MR) is 153 cm³/mol. The summed E-state index contributed by atoms with van der Waals surface area (Å²) in [4.78, 5) is 40.2. The van der Waals surface area contributed by atoms with Crippen LogP contribution in [0.3, 0.4) is 0 Å². The van der Waals surface area contributed by atoms with Gasteiger partial charge in [-0.25, -0.2) is 4.79 Å². The molecule has 1 atom stereocenters. The summed E-state index contributed by atoms with van der Waals surface area (Å²) in [6.45, 7) is 6.70. The van der Waals surface area contributed by atoms with Crippen LogP contribution in [-0.4, -0.2) is 60.3 Å². The van der Waals surface area contributed by atoms with E-state index in [0.29, 0.717) is 53.8 Å². The predicted octanol–water partition coefficient (Wildman–Crippen LogP) is 5.16. The van der Waals surface area contributed by atoms with Crippen molar-refractivity contribution in [1.82, 2.24) is 4.90 Å². The zero-order chi connectivity index (χ0) is 28.8. The number of carbonyl (C=O) groups excluding carboxylic acids is 2. The van der Waals surface area contributed by atoms with E-state index in [2.05, 4.69) is 0 Å². The normalized spacial score (nSPS) is 17.3. The highest BCUT2D eigenvalue weighted by Gasteiger charge is 2.39. The average Bonchev–Trinajstić information content (AvgIpc) is 2.86. The lowest BCUT2D eigenvalue weighted by Gasteiger charge is -2.42. The number of ether oxygens (including phenoxy) is 2. The van der Waals surface area contributed by atoms with E-state index < -0.39 is 17.6 Å². The first kappa shape index (κ1) is 27.7. The Kier molecular flexibility index (Phi) is 7.37. The number of hydrogen-bond donors (Lipinski definition) is 2. The van der Waals surface area contributed by atoms with E-state index in [1.807, 2.05) is 36.4 Å². The number of hydrogen-bond acceptors (Lipinski definition) is 6. The largest absolute Gasteiger partial charge is 0.478 e. The molecule has 3 aromatic carbocycles. The molecule has 3 aromatic rings. The second-order valence-electron chi connectivity index (χ2n) is 11.3. The van der Waals surface area contributed by atoms with Crippen molar-refractivity contribution in [3.63, 3.8) is 0 Å². The van der Waals surface area contributed by atoms with Crippen LogP contribution in [0.5, 0.6) is 11.5 Å². The standard InChI is InChI=1S/C30H32ClN3O6/c1-30(2,3)28(36)39-19-10-18-6-4-5-7-20(18)21(11-19)22-12-26-24(13-23(22)31)34(27(35)25(40-26)8-9-32)16-17-14-33(15-17)29(37)38/h4-7,10-13,17,25H,8-9,14-16,32H2,1-3H3,(H,37,38). The fourth-order valence-electron chi connectivity index (χ4n) is 5.00. The van der Waals surface area contributed by atoms with Crippen molar-refractivity contribution in [3.8, 4) is 22.6 Å². The summed E-state index contributed by atoms with van der Waals surface area (Å²) in [6, 6.07) is 14.9. The van der Waals surface area contributed by atoms with Crippen LogP contribution in [0.1, 0.15) is 27.2 Å². The van der Waals surface area contributed by atoms with Crippen molar-refractivity contribution in [2.24, 2.45) is 17.1 Å². The number of likely N-dealkylation sites (tertiary alicyclic amines) is 1. The zero-order valence-electron chi connectivity index (χ0n) is 22.6. The van der Waals surface area contributed by atoms with Gasteiger partial charge in [0.2, 0.25) is 0 Å². The number of fused-ring (bicyclic) bond motifs is 2. The summed E-state index contributed by atoms with van der Waals surface area (Å²) in [5, 5.41) is 11.4. The Balaban J connectivity index is 1.57. The lowest BCUT2D eigenvalue weighted by molar-refractivity contribution is -0.143. The third kappa shape index (κ3) is 5.31. The van der Waals surface area contributed by atoms with E-state index in [1.165, 1.54) is 4.90 Å². The van der Waals surface area contributed by atoms with E-state index >= 15 is 0 Å². The molecule has 0 aromatic heterocycles. The van der Waals surface area contributed by atoms with Gasteiger partial charge in [-0.05, 0) is 67.9 Å². The smallest absolute Gasteiger partial charge is 0.407 e. The van der Waals surface area contributed by atoms with Crippen LogP contribution in [0, 0.1) is 11.3 Å². The quantitative estimate of drug-likeness (QED) is 0.312. The molecule has 0 saturated carbocycles. The molecule has 1 fully saturated rings. The highest BCUT2D eigenvalue weighted by molar-refractivity contribution is 6.34. The number of amides is 2. The Bertz CT molecular complexity index is 1490. The highest BCUT2D eigenvalue weighted by atomic mass is 35.5. The van der Waals surface area contributed by atoms with Crippen molar-refractivity contribution in [3.05, 3.63) is 53.6 Å². The maximum absolute atomic E-state index is 13.4. The second-order valence-corrected chi connectivity index (χ2v) is 11.7. The van der Waals surface area contributed by atoms with Crippen molar-refractivity contribution in [1.29, 1.82) is 0 Å². The molecule has 0 bridgehead atoms. The first-order valence-electron chi connectivity index (χ1n) is 13.2. The van der Waals surface area contributed by atoms with Gasteiger partial charge in [0.05, 0.1) is 16.1 Å². The summed E-state index contributed by atoms with van der Waals surface area (Å²) in [6.07, 6.45) is -1.40. The summed E-state index contributed by atoms with van der Waals surface area (Å²) < 4.78 is 11.9. The van der Waals surface area contributed by atoms with Crippen molar-refractivity contribution >= 4 is 46.0 Å². The molecule has 3 N–H and O–H groups in total. The number of rotatable bonds is 6. The first-order chi connectivity index (χ1) is 19.0. The number of nitrogens with two attached hydrogens (primary N) is 1. The molecule has 9 nitrogen and oxygen atoms in total. The molecule has 0 radical (unpaired) electrons. The number of anilines is 1. The van der Waals surface area contributed by atoms with Gasteiger partial charge in [0.15, 0.2) is 6.10 Å². The number of nitrogens with zero attached hydrogens (tertiary/aromatic N) is 2. The van der Waals surface area contributed by atoms with Gasteiger partial charge in [-0.2, -0.15) is 0 Å². The van der Waals surface area contributed by atoms with Gasteiger partial charge in [-0.15, -0.1) is 0 Å². The second kappa shape index (κ2) is 10.6. The van der Waals surface area contributed by atoms with Gasteiger partial charge in [0, 0.05) is 37.5 Å². The molecule has 0 spiro atoms. The highest BCUT2D eigenvalue weighted by Crippen LogP contribution is 2.45. The van der Waals surface area contributed by atoms with Gasteiger partial charge in [0.25, 0.3) is 5.91 Å². The minimum atomic E-state index is -0.971. The van der Waals surface area contributed by atoms with E-state index in [0.717, 1.165) is 16.3 Å². The van der Waals surface area contributed by atoms with Crippen molar-refractivity contribution in [2.45, 2.75) is 33.3 Å². The molecular formula is C30H32ClN3O6. The van der Waals surface area contributed by atoms with Crippen LogP contribution < -0.4 is 20.1 Å². The number of benzene rings is 3. The maximum atomic E-state index is 13.4. The lowest BCUT2D eigenvalue weighted by Crippen LogP contribution is -2.56. The molecular weight excluding hydrogens is 534 g/mol. The van der Waals surface area contributed by atoms with Crippen LogP contribution >= 0.6 is 11.6 Å². The van der Waals surface area contributed by atoms with E-state index in [4.69, 9.17) is 26.8 Å². The minimum absolute atomic E-state index is 0.00102. The summed E-state index contributed by atoms with van der Waals surface area (Å²) in [7, 11) is 0. The average molecular weight is 566 g/mol. The Hall–Kier alpha value is -3.82. The molecule has 2 aliphatic heterocycles. The molecule has 210 valence electrons. The maximum Gasteiger partial charge on any atom is 0.407 e. The van der Waals surface area contributed by atoms with Gasteiger partial charge < -0.3 is 30.1 Å². The fourth-order valence-corrected chi connectivity index (χ4v) is 5.26. The van der Waals surface area contributed by atoms with Crippen molar-refractivity contribution < 1.29 is 29.0 Å². The molecule has 2 heterocycles. The summed E-state index contributed by atoms with van der Waals surface area (Å²) in [5.41, 5.74) is 7.04. The third-order valence-electron chi connectivity index (χ3n) is 7.20. The topological polar surface area (TPSA) is 122 Å². The van der Waals surface area contributed by atoms with Crippen LogP contribution in [0.25, 0.3) is 21.9 Å². The van der Waals surface area contributed by atoms with E-state index in [1.54, 1.807) is 37.8 Å². The van der Waals surface area contributed by atoms with Crippen LogP contribution in [-0.2, 0) is 9.59 Å². The van der Waals surface area contributed by atoms with E-state index in [9.17, 15) is 19.5 Å². The van der Waals surface area contributed by atoms with Gasteiger partial charge in [-0.3, -0.25) is 9.59 Å². The Labute approximate surface area is 237 Å². The molecule has 5 rings (SSSR count). The fraction of sp³-hybridized carbons (Fsp3) is 0.367. The van der Waals surface area contributed by atoms with Crippen LogP contribution in [0.2, 0.25) is 5.02 Å². The molecule has 1 unspecified atom stereocenters. The monoisotopic (exact) mass is 565 g/mol. The van der Waals surface area contributed by atoms with Crippen LogP contribution in [0.15, 0.2) is 48.5 Å². The zero-order valence-corrected chi connectivity index (χ0v) is 23.4. The molecule has 1 saturated heterocycles. The van der Waals surface area contributed by atoms with Crippen molar-refractivity contribution in [2.75, 3.05) is 31.1 Å². The molecule has 2 amide bonds. The van der Waals surface area contributed by atoms with Gasteiger partial charge >= 0.3 is 12.1 Å². The van der Waals surface area contributed by atoms with Gasteiger partial charge in [-0.1, -0.05) is 35.9 Å². The Morgan fingerprint density at radius 2 is 1.85 bits per heavy atom. The van der Waals surface area contributed by atoms with Crippen LogP contribution in [0.4, 0.5) is 10.5 Å². The number of halogens is 1. The minimum Gasteiger partial charge on any atom is -0.478 e. The summed E-state index contributed by atoms with van der Waals surface area (Å²) >= 11 is 6.88. The molecule has 10 heteroatoms. The molecule has 2 aliphatic rings. The number of carboxylic acid groups (broad SMARTS) is 1. The Morgan fingerprint density at radius 3 is 2.52 bits per heavy atom. The number of esters is 1. The first-order valence-corrected chi connectivity index (χ1v) is 13.6. The SMILES string of the molecule is CC(C)(C)C(=O)Oc1cc(-c2cc3c(cc2Cl)N(CC2CN(C(=O)O)C2)C(=O)C(CCN)O3)c2ccccc2c1. The number of carbonyl (C=O) groups is 3. The van der Waals surface area contributed by atoms with E-state index in [-0.39, 0.29) is 24.3 Å². The molecule has 40 heavy (non-hydrogen) atoms.